The van der Waals surface area contributed by atoms with Crippen molar-refractivity contribution in [2.75, 3.05) is 0 Å². The van der Waals surface area contributed by atoms with E-state index in [9.17, 15) is 10.1 Å². The molecule has 0 saturated carbocycles. The zero-order chi connectivity index (χ0) is 13.4. The molecule has 1 aliphatic heterocycles. The summed E-state index contributed by atoms with van der Waals surface area (Å²) in [5.41, 5.74) is 2.18. The van der Waals surface area contributed by atoms with Gasteiger partial charge in [-0.05, 0) is 12.7 Å². The van der Waals surface area contributed by atoms with Crippen LogP contribution in [0.1, 0.15) is 36.3 Å². The number of H-pyrrole nitrogens is 1. The van der Waals surface area contributed by atoms with Gasteiger partial charge < -0.3 is 4.98 Å². The van der Waals surface area contributed by atoms with E-state index in [0.717, 1.165) is 31.3 Å². The van der Waals surface area contributed by atoms with Crippen LogP contribution < -0.4 is 5.56 Å². The normalized spacial score (nSPS) is 19.6. The van der Waals surface area contributed by atoms with Gasteiger partial charge in [0.15, 0.2) is 0 Å². The first-order valence-corrected chi connectivity index (χ1v) is 6.68. The fourth-order valence-corrected chi connectivity index (χ4v) is 2.88. The monoisotopic (exact) mass is 254 g/mol. The molecule has 5 nitrogen and oxygen atoms in total. The quantitative estimate of drug-likeness (QED) is 0.787. The van der Waals surface area contributed by atoms with Crippen LogP contribution >= 0.6 is 0 Å². The van der Waals surface area contributed by atoms with E-state index in [1.54, 1.807) is 17.6 Å². The molecule has 1 unspecified atom stereocenters. The van der Waals surface area contributed by atoms with Gasteiger partial charge in [0.2, 0.25) is 0 Å². The number of aryl methyl sites for hydroxylation is 1. The lowest BCUT2D eigenvalue weighted by Gasteiger charge is -2.22. The number of aromatic nitrogens is 3. The maximum Gasteiger partial charge on any atom is 0.277 e. The number of hydrogen-bond acceptors (Lipinski definition) is 3. The molecule has 1 saturated heterocycles. The molecular weight excluding hydrogens is 239 g/mol. The second kappa shape index (κ2) is 4.58. The highest BCUT2D eigenvalue weighted by Gasteiger charge is 2.32. The summed E-state index contributed by atoms with van der Waals surface area (Å²) < 4.78 is 1.70. The van der Waals surface area contributed by atoms with E-state index in [0.29, 0.717) is 11.2 Å². The summed E-state index contributed by atoms with van der Waals surface area (Å²) in [5, 5.41) is 13.8. The summed E-state index contributed by atoms with van der Waals surface area (Å²) in [4.78, 5) is 14.4. The third-order valence-electron chi connectivity index (χ3n) is 3.98. The number of rotatable bonds is 1. The van der Waals surface area contributed by atoms with E-state index >= 15 is 0 Å². The number of nitrogens with one attached hydrogen (secondary N) is 1. The Morgan fingerprint density at radius 3 is 3.21 bits per heavy atom. The molecule has 1 N–H and O–H groups in total. The van der Waals surface area contributed by atoms with E-state index in [1.165, 1.54) is 0 Å². The van der Waals surface area contributed by atoms with Crippen LogP contribution in [0.5, 0.6) is 0 Å². The molecule has 3 rings (SSSR count). The Bertz CT molecular complexity index is 711. The molecule has 0 spiro atoms. The standard InChI is InChI=1S/C13H15BN4O/c1-9-7-18-12(16-13(9)19)6-11(17-18)10-4-2-3-5-14(10)8-15/h6-7,10H,2-5H2,1H3,(H,16,19). The number of nitrogens with zero attached hydrogens (tertiary/aromatic N) is 3. The molecule has 2 aromatic heterocycles. The Hall–Kier alpha value is -2.03. The Morgan fingerprint density at radius 2 is 2.42 bits per heavy atom. The van der Waals surface area contributed by atoms with Crippen molar-refractivity contribution in [3.63, 3.8) is 0 Å². The van der Waals surface area contributed by atoms with Crippen LogP contribution in [0.2, 0.25) is 6.32 Å². The summed E-state index contributed by atoms with van der Waals surface area (Å²) >= 11 is 0. The van der Waals surface area contributed by atoms with Crippen LogP contribution in [0, 0.1) is 18.2 Å². The van der Waals surface area contributed by atoms with Crippen molar-refractivity contribution in [2.24, 2.45) is 0 Å². The summed E-state index contributed by atoms with van der Waals surface area (Å²) in [6.07, 6.45) is 5.96. The highest BCUT2D eigenvalue weighted by Crippen LogP contribution is 2.31. The summed E-state index contributed by atoms with van der Waals surface area (Å²) in [7, 11) is 0. The van der Waals surface area contributed by atoms with Gasteiger partial charge in [0, 0.05) is 23.8 Å². The maximum absolute atomic E-state index is 11.6. The van der Waals surface area contributed by atoms with E-state index in [4.69, 9.17) is 0 Å². The fraction of sp³-hybridized carbons (Fsp3) is 0.462. The van der Waals surface area contributed by atoms with E-state index < -0.39 is 0 Å². The number of aromatic amines is 1. The van der Waals surface area contributed by atoms with Gasteiger partial charge in [-0.1, -0.05) is 25.6 Å². The molecule has 3 heterocycles. The molecule has 0 aromatic carbocycles. The predicted octanol–water partition coefficient (Wildman–Crippen LogP) is 1.70. The van der Waals surface area contributed by atoms with Crippen molar-refractivity contribution in [2.45, 2.75) is 38.3 Å². The topological polar surface area (TPSA) is 74.0 Å². The van der Waals surface area contributed by atoms with Gasteiger partial charge in [-0.2, -0.15) is 5.10 Å². The lowest BCUT2D eigenvalue weighted by molar-refractivity contribution is 0.636. The van der Waals surface area contributed by atoms with Crippen molar-refractivity contribution in [1.82, 2.24) is 14.6 Å². The average Bonchev–Trinajstić information content (AvgIpc) is 2.82. The molecule has 6 heteroatoms. The third kappa shape index (κ3) is 2.05. The van der Waals surface area contributed by atoms with Crippen LogP contribution in [0.3, 0.4) is 0 Å². The van der Waals surface area contributed by atoms with Crippen molar-refractivity contribution in [1.29, 1.82) is 5.26 Å². The lowest BCUT2D eigenvalue weighted by Crippen LogP contribution is -2.26. The van der Waals surface area contributed by atoms with Crippen molar-refractivity contribution < 1.29 is 0 Å². The number of nitriles is 1. The molecular formula is C13H15BN4O. The lowest BCUT2D eigenvalue weighted by atomic mass is 9.36. The Morgan fingerprint density at radius 1 is 1.58 bits per heavy atom. The zero-order valence-electron chi connectivity index (χ0n) is 10.9. The maximum atomic E-state index is 11.6. The van der Waals surface area contributed by atoms with E-state index in [-0.39, 0.29) is 18.1 Å². The SMILES string of the molecule is Cc1cn2nc(C3CCCCB3C#N)cc2[nH]c1=O. The molecule has 1 aliphatic rings. The first-order chi connectivity index (χ1) is 9.19. The van der Waals surface area contributed by atoms with Gasteiger partial charge in [0.05, 0.1) is 5.69 Å². The van der Waals surface area contributed by atoms with Crippen molar-refractivity contribution >= 4 is 12.4 Å². The molecule has 1 fully saturated rings. The van der Waals surface area contributed by atoms with Gasteiger partial charge in [-0.15, -0.1) is 0 Å². The first kappa shape index (κ1) is 12.0. The van der Waals surface area contributed by atoms with Crippen LogP contribution in [-0.2, 0) is 0 Å². The van der Waals surface area contributed by atoms with E-state index in [2.05, 4.69) is 16.1 Å². The molecule has 1 atom stereocenters. The molecule has 0 aliphatic carbocycles. The summed E-state index contributed by atoms with van der Waals surface area (Å²) in [5.74, 6) is 2.60. The van der Waals surface area contributed by atoms with Crippen molar-refractivity contribution in [3.05, 3.63) is 33.9 Å². The van der Waals surface area contributed by atoms with Crippen LogP contribution in [0.15, 0.2) is 17.1 Å². The highest BCUT2D eigenvalue weighted by molar-refractivity contribution is 6.68. The van der Waals surface area contributed by atoms with Gasteiger partial charge in [0.1, 0.15) is 5.65 Å². The van der Waals surface area contributed by atoms with Crippen LogP contribution in [0.4, 0.5) is 0 Å². The predicted molar refractivity (Wildman–Crippen MR) is 73.3 cm³/mol. The Labute approximate surface area is 111 Å². The minimum Gasteiger partial charge on any atom is -0.307 e. The number of fused-ring (bicyclic) bond motifs is 1. The molecule has 0 bridgehead atoms. The molecule has 0 amide bonds. The summed E-state index contributed by atoms with van der Waals surface area (Å²) in [6.45, 7) is 1.81. The smallest absolute Gasteiger partial charge is 0.277 e. The average molecular weight is 254 g/mol. The highest BCUT2D eigenvalue weighted by atomic mass is 16.1. The molecule has 96 valence electrons. The Kier molecular flexibility index (Phi) is 2.90. The van der Waals surface area contributed by atoms with Gasteiger partial charge in [0.25, 0.3) is 12.3 Å². The first-order valence-electron chi connectivity index (χ1n) is 6.68. The molecule has 2 aromatic rings. The van der Waals surface area contributed by atoms with Gasteiger partial charge >= 0.3 is 0 Å². The Balaban J connectivity index is 2.05. The van der Waals surface area contributed by atoms with Crippen LogP contribution in [-0.4, -0.2) is 21.3 Å². The van der Waals surface area contributed by atoms with Crippen molar-refractivity contribution in [3.8, 4) is 5.97 Å². The second-order valence-corrected chi connectivity index (χ2v) is 5.29. The molecule has 0 radical (unpaired) electrons. The van der Waals surface area contributed by atoms with Gasteiger partial charge in [-0.25, -0.2) is 9.78 Å². The fourth-order valence-electron chi connectivity index (χ4n) is 2.88. The minimum atomic E-state index is -0.0839. The van der Waals surface area contributed by atoms with E-state index in [1.807, 2.05) is 6.07 Å². The largest absolute Gasteiger partial charge is 0.307 e. The molecule has 19 heavy (non-hydrogen) atoms. The van der Waals surface area contributed by atoms with Gasteiger partial charge in [-0.3, -0.25) is 4.79 Å². The zero-order valence-corrected chi connectivity index (χ0v) is 10.9. The summed E-state index contributed by atoms with van der Waals surface area (Å²) in [6, 6.07) is 1.90. The van der Waals surface area contributed by atoms with Crippen LogP contribution in [0.25, 0.3) is 5.65 Å². The third-order valence-corrected chi connectivity index (χ3v) is 3.98. The second-order valence-electron chi connectivity index (χ2n) is 5.29. The number of hydrogen-bond donors (Lipinski definition) is 1. The minimum absolute atomic E-state index is 0.0477.